The van der Waals surface area contributed by atoms with E-state index in [0.29, 0.717) is 18.8 Å². The van der Waals surface area contributed by atoms with E-state index < -0.39 is 11.9 Å². The van der Waals surface area contributed by atoms with Crippen molar-refractivity contribution in [1.29, 1.82) is 0 Å². The number of rotatable bonds is 4. The Balaban J connectivity index is 1.75. The molecule has 0 spiro atoms. The monoisotopic (exact) mass is 333 g/mol. The standard InChI is InChI=1S/C17H20FN3O3/c1-19(2)6-5-16(22)14-4-3-11(8-15(14)18)20-9-13-7-12(20)10-21(13)17(23)24/h3-6,8,12-13H,7,9-10H2,1-2H3,(H,23,24)/b6-5+/t12-,13-/m0/s1. The summed E-state index contributed by atoms with van der Waals surface area (Å²) in [4.78, 5) is 28.3. The van der Waals surface area contributed by atoms with Crippen molar-refractivity contribution in [1.82, 2.24) is 9.80 Å². The van der Waals surface area contributed by atoms with E-state index in [1.807, 2.05) is 4.90 Å². The molecule has 2 atom stereocenters. The van der Waals surface area contributed by atoms with Crippen molar-refractivity contribution in [2.45, 2.75) is 18.5 Å². The highest BCUT2D eigenvalue weighted by Crippen LogP contribution is 2.35. The third-order valence-electron chi connectivity index (χ3n) is 4.56. The van der Waals surface area contributed by atoms with Gasteiger partial charge in [-0.15, -0.1) is 0 Å². The Labute approximate surface area is 139 Å². The largest absolute Gasteiger partial charge is 0.465 e. The van der Waals surface area contributed by atoms with Gasteiger partial charge in [-0.3, -0.25) is 4.79 Å². The van der Waals surface area contributed by atoms with Gasteiger partial charge in [0, 0.05) is 51.2 Å². The molecule has 7 heteroatoms. The molecular formula is C17H20FN3O3. The summed E-state index contributed by atoms with van der Waals surface area (Å²) in [5.41, 5.74) is 0.728. The van der Waals surface area contributed by atoms with Gasteiger partial charge in [0.2, 0.25) is 0 Å². The fraction of sp³-hybridized carbons (Fsp3) is 0.412. The first kappa shape index (κ1) is 16.3. The molecule has 1 amide bonds. The highest BCUT2D eigenvalue weighted by molar-refractivity contribution is 6.04. The molecule has 2 aliphatic rings. The van der Waals surface area contributed by atoms with Crippen LogP contribution in [0.1, 0.15) is 16.8 Å². The number of hydrogen-bond donors (Lipinski definition) is 1. The number of fused-ring (bicyclic) bond motifs is 2. The fourth-order valence-corrected chi connectivity index (χ4v) is 3.41. The Kier molecular flexibility index (Phi) is 4.17. The number of carboxylic acid groups (broad SMARTS) is 1. The summed E-state index contributed by atoms with van der Waals surface area (Å²) in [6.07, 6.45) is 2.78. The molecule has 1 aromatic rings. The highest BCUT2D eigenvalue weighted by Gasteiger charge is 2.45. The second-order valence-electron chi connectivity index (χ2n) is 6.44. The van der Waals surface area contributed by atoms with E-state index in [9.17, 15) is 14.0 Å². The molecule has 1 aromatic carbocycles. The fourth-order valence-electron chi connectivity index (χ4n) is 3.41. The maximum Gasteiger partial charge on any atom is 0.407 e. The number of amides is 1. The summed E-state index contributed by atoms with van der Waals surface area (Å²) >= 11 is 0. The molecule has 3 rings (SSSR count). The van der Waals surface area contributed by atoms with Crippen molar-refractivity contribution in [2.75, 3.05) is 32.1 Å². The molecule has 0 aromatic heterocycles. The predicted molar refractivity (Wildman–Crippen MR) is 87.8 cm³/mol. The molecule has 0 aliphatic carbocycles. The zero-order chi connectivity index (χ0) is 17.4. The second kappa shape index (κ2) is 6.14. The zero-order valence-electron chi connectivity index (χ0n) is 13.6. The molecule has 1 N–H and O–H groups in total. The van der Waals surface area contributed by atoms with Gasteiger partial charge < -0.3 is 19.8 Å². The Morgan fingerprint density at radius 2 is 2.04 bits per heavy atom. The molecule has 2 fully saturated rings. The van der Waals surface area contributed by atoms with Crippen LogP contribution >= 0.6 is 0 Å². The molecule has 2 bridgehead atoms. The van der Waals surface area contributed by atoms with Crippen molar-refractivity contribution in [3.8, 4) is 0 Å². The Bertz CT molecular complexity index is 704. The molecule has 0 radical (unpaired) electrons. The first-order chi connectivity index (χ1) is 11.4. The summed E-state index contributed by atoms with van der Waals surface area (Å²) in [5.74, 6) is -0.938. The lowest BCUT2D eigenvalue weighted by Gasteiger charge is -2.34. The average molecular weight is 333 g/mol. The number of ketones is 1. The van der Waals surface area contributed by atoms with Crippen LogP contribution in [0.4, 0.5) is 14.9 Å². The van der Waals surface area contributed by atoms with Gasteiger partial charge in [0.15, 0.2) is 5.78 Å². The minimum atomic E-state index is -0.901. The van der Waals surface area contributed by atoms with Crippen LogP contribution in [0.3, 0.4) is 0 Å². The molecule has 2 heterocycles. The number of carbonyl (C=O) groups excluding carboxylic acids is 1. The normalized spacial score (nSPS) is 22.5. The third kappa shape index (κ3) is 2.93. The number of anilines is 1. The number of nitrogens with zero attached hydrogens (tertiary/aromatic N) is 3. The van der Waals surface area contributed by atoms with Crippen LogP contribution in [0.15, 0.2) is 30.5 Å². The van der Waals surface area contributed by atoms with Crippen LogP contribution in [0.2, 0.25) is 0 Å². The third-order valence-corrected chi connectivity index (χ3v) is 4.56. The van der Waals surface area contributed by atoms with Crippen molar-refractivity contribution < 1.29 is 19.1 Å². The average Bonchev–Trinajstić information content (AvgIpc) is 3.12. The highest BCUT2D eigenvalue weighted by atomic mass is 19.1. The van der Waals surface area contributed by atoms with Crippen LogP contribution in [0.5, 0.6) is 0 Å². The predicted octanol–water partition coefficient (Wildman–Crippen LogP) is 2.02. The van der Waals surface area contributed by atoms with Crippen LogP contribution in [0.25, 0.3) is 0 Å². The summed E-state index contributed by atoms with van der Waals surface area (Å²) in [6, 6.07) is 4.61. The number of halogens is 1. The molecular weight excluding hydrogens is 313 g/mol. The first-order valence-corrected chi connectivity index (χ1v) is 7.81. The minimum Gasteiger partial charge on any atom is -0.465 e. The van der Waals surface area contributed by atoms with Crippen LogP contribution in [0, 0.1) is 5.82 Å². The SMILES string of the molecule is CN(C)/C=C/C(=O)c1ccc(N2C[C@@H]3C[C@H]2CN3C(=O)O)cc1F. The van der Waals surface area contributed by atoms with Gasteiger partial charge in [-0.05, 0) is 24.6 Å². The van der Waals surface area contributed by atoms with E-state index in [0.717, 1.165) is 6.42 Å². The van der Waals surface area contributed by atoms with Gasteiger partial charge in [-0.2, -0.15) is 0 Å². The van der Waals surface area contributed by atoms with Crippen molar-refractivity contribution in [3.63, 3.8) is 0 Å². The number of carbonyl (C=O) groups is 2. The van der Waals surface area contributed by atoms with Crippen LogP contribution < -0.4 is 4.90 Å². The number of hydrogen-bond acceptors (Lipinski definition) is 4. The molecule has 0 saturated carbocycles. The van der Waals surface area contributed by atoms with E-state index in [1.54, 1.807) is 31.3 Å². The summed E-state index contributed by atoms with van der Waals surface area (Å²) < 4.78 is 14.3. The van der Waals surface area contributed by atoms with Crippen molar-refractivity contribution >= 4 is 17.6 Å². The quantitative estimate of drug-likeness (QED) is 0.675. The lowest BCUT2D eigenvalue weighted by atomic mass is 10.1. The van der Waals surface area contributed by atoms with E-state index in [4.69, 9.17) is 5.11 Å². The molecule has 2 aliphatic heterocycles. The number of allylic oxidation sites excluding steroid dienone is 1. The molecule has 6 nitrogen and oxygen atoms in total. The summed E-state index contributed by atoms with van der Waals surface area (Å²) in [6.45, 7) is 0.998. The summed E-state index contributed by atoms with van der Waals surface area (Å²) in [7, 11) is 3.57. The molecule has 2 saturated heterocycles. The molecule has 128 valence electrons. The van der Waals surface area contributed by atoms with Crippen LogP contribution in [-0.4, -0.2) is 66.1 Å². The first-order valence-electron chi connectivity index (χ1n) is 7.81. The van der Waals surface area contributed by atoms with E-state index in [1.165, 1.54) is 23.1 Å². The minimum absolute atomic E-state index is 0.0355. The van der Waals surface area contributed by atoms with Crippen LogP contribution in [-0.2, 0) is 0 Å². The van der Waals surface area contributed by atoms with Gasteiger partial charge >= 0.3 is 6.09 Å². The van der Waals surface area contributed by atoms with Gasteiger partial charge in [0.1, 0.15) is 5.82 Å². The molecule has 0 unspecified atom stereocenters. The number of piperazine rings is 1. The van der Waals surface area contributed by atoms with E-state index >= 15 is 0 Å². The second-order valence-corrected chi connectivity index (χ2v) is 6.44. The summed E-state index contributed by atoms with van der Waals surface area (Å²) in [5, 5.41) is 9.12. The van der Waals surface area contributed by atoms with Gasteiger partial charge in [-0.1, -0.05) is 0 Å². The maximum absolute atomic E-state index is 14.3. The smallest absolute Gasteiger partial charge is 0.407 e. The van der Waals surface area contributed by atoms with E-state index in [-0.39, 0.29) is 23.4 Å². The van der Waals surface area contributed by atoms with Crippen molar-refractivity contribution in [2.24, 2.45) is 0 Å². The topological polar surface area (TPSA) is 64.1 Å². The van der Waals surface area contributed by atoms with E-state index in [2.05, 4.69) is 0 Å². The zero-order valence-corrected chi connectivity index (χ0v) is 13.6. The number of benzene rings is 1. The van der Waals surface area contributed by atoms with Crippen molar-refractivity contribution in [3.05, 3.63) is 41.9 Å². The molecule has 24 heavy (non-hydrogen) atoms. The number of likely N-dealkylation sites (tertiary alicyclic amines) is 1. The van der Waals surface area contributed by atoms with Gasteiger partial charge in [-0.25, -0.2) is 9.18 Å². The Hall–Kier alpha value is -2.57. The van der Waals surface area contributed by atoms with Gasteiger partial charge in [0.05, 0.1) is 11.6 Å². The lowest BCUT2D eigenvalue weighted by Crippen LogP contribution is -2.48. The maximum atomic E-state index is 14.3. The Morgan fingerprint density at radius 1 is 1.29 bits per heavy atom. The lowest BCUT2D eigenvalue weighted by molar-refractivity contribution is 0.104. The van der Waals surface area contributed by atoms with Gasteiger partial charge in [0.25, 0.3) is 0 Å². The Morgan fingerprint density at radius 3 is 2.58 bits per heavy atom.